The van der Waals surface area contributed by atoms with Gasteiger partial charge in [0.2, 0.25) is 10.0 Å². The lowest BCUT2D eigenvalue weighted by Crippen LogP contribution is -2.30. The molecule has 114 valence electrons. The van der Waals surface area contributed by atoms with Crippen LogP contribution in [0.1, 0.15) is 18.7 Å². The molecule has 1 heterocycles. The second-order valence-corrected chi connectivity index (χ2v) is 8.37. The molecule has 0 radical (unpaired) electrons. The molecule has 0 bridgehead atoms. The highest BCUT2D eigenvalue weighted by Crippen LogP contribution is 2.22. The Morgan fingerprint density at radius 2 is 1.81 bits per heavy atom. The van der Waals surface area contributed by atoms with E-state index in [9.17, 15) is 8.42 Å². The highest BCUT2D eigenvalue weighted by molar-refractivity contribution is 7.89. The number of halogens is 1. The molecule has 0 aliphatic rings. The zero-order valence-electron chi connectivity index (χ0n) is 11.8. The minimum Gasteiger partial charge on any atom is -0.380 e. The van der Waals surface area contributed by atoms with Crippen molar-refractivity contribution in [3.05, 3.63) is 45.6 Å². The molecule has 0 atom stereocenters. The molecular weight excluding hydrogens is 328 g/mol. The van der Waals surface area contributed by atoms with Crippen LogP contribution in [0.15, 0.2) is 41.3 Å². The van der Waals surface area contributed by atoms with Crippen molar-refractivity contribution in [1.82, 2.24) is 4.72 Å². The highest BCUT2D eigenvalue weighted by Gasteiger charge is 2.14. The van der Waals surface area contributed by atoms with E-state index in [0.29, 0.717) is 6.54 Å². The number of nitrogens with one attached hydrogen (secondary N) is 2. The summed E-state index contributed by atoms with van der Waals surface area (Å²) in [5.41, 5.74) is 0.864. The van der Waals surface area contributed by atoms with Gasteiger partial charge in [0.15, 0.2) is 0 Å². The van der Waals surface area contributed by atoms with Gasteiger partial charge in [0.1, 0.15) is 0 Å². The summed E-state index contributed by atoms with van der Waals surface area (Å²) in [5, 5.41) is 3.23. The number of anilines is 1. The molecule has 2 rings (SSSR count). The van der Waals surface area contributed by atoms with Crippen LogP contribution < -0.4 is 10.0 Å². The molecule has 7 heteroatoms. The van der Waals surface area contributed by atoms with Crippen molar-refractivity contribution >= 4 is 38.6 Å². The summed E-state index contributed by atoms with van der Waals surface area (Å²) in [6, 6.07) is 10.4. The lowest BCUT2D eigenvalue weighted by molar-refractivity contribution is 0.570. The number of rotatable bonds is 6. The van der Waals surface area contributed by atoms with Crippen molar-refractivity contribution in [2.45, 2.75) is 31.3 Å². The molecule has 0 amide bonds. The highest BCUT2D eigenvalue weighted by atomic mass is 35.5. The third-order valence-corrected chi connectivity index (χ3v) is 5.56. The second kappa shape index (κ2) is 6.79. The lowest BCUT2D eigenvalue weighted by atomic mass is 10.3. The van der Waals surface area contributed by atoms with E-state index >= 15 is 0 Å². The van der Waals surface area contributed by atoms with Gasteiger partial charge in [0.25, 0.3) is 0 Å². The van der Waals surface area contributed by atoms with Crippen LogP contribution in [0, 0.1) is 0 Å². The molecule has 0 fully saturated rings. The summed E-state index contributed by atoms with van der Waals surface area (Å²) in [4.78, 5) is 1.39. The third kappa shape index (κ3) is 4.71. The van der Waals surface area contributed by atoms with Gasteiger partial charge in [-0.3, -0.25) is 0 Å². The maximum absolute atomic E-state index is 12.0. The number of hydrogen-bond acceptors (Lipinski definition) is 4. The molecule has 2 aromatic rings. The Hall–Kier alpha value is -1.08. The monoisotopic (exact) mass is 344 g/mol. The second-order valence-electron chi connectivity index (χ2n) is 4.86. The van der Waals surface area contributed by atoms with Gasteiger partial charge in [0, 0.05) is 23.2 Å². The first-order valence-electron chi connectivity index (χ1n) is 6.47. The van der Waals surface area contributed by atoms with Crippen LogP contribution >= 0.6 is 22.9 Å². The first-order chi connectivity index (χ1) is 9.87. The molecular formula is C14H17ClN2O2S2. The number of sulfonamides is 1. The Labute approximate surface area is 134 Å². The predicted octanol–water partition coefficient (Wildman–Crippen LogP) is 3.70. The van der Waals surface area contributed by atoms with E-state index in [4.69, 9.17) is 11.6 Å². The van der Waals surface area contributed by atoms with Gasteiger partial charge in [-0.2, -0.15) is 0 Å². The van der Waals surface area contributed by atoms with Crippen molar-refractivity contribution in [2.24, 2.45) is 0 Å². The summed E-state index contributed by atoms with van der Waals surface area (Å²) in [7, 11) is -3.43. The standard InChI is InChI=1S/C14H17ClN2O2S2/c1-10(2)17-21(18,19)13-6-3-11(4-7-13)16-9-12-5-8-14(15)20-12/h3-8,10,16-17H,9H2,1-2H3. The van der Waals surface area contributed by atoms with E-state index in [1.807, 2.05) is 12.1 Å². The molecule has 0 aliphatic carbocycles. The fourth-order valence-corrected chi connectivity index (χ4v) is 4.04. The van der Waals surface area contributed by atoms with E-state index in [0.717, 1.165) is 14.9 Å². The Balaban J connectivity index is 2.02. The summed E-state index contributed by atoms with van der Waals surface area (Å²) in [6.07, 6.45) is 0. The minimum atomic E-state index is -3.43. The SMILES string of the molecule is CC(C)NS(=O)(=O)c1ccc(NCc2ccc(Cl)s2)cc1. The van der Waals surface area contributed by atoms with Crippen molar-refractivity contribution < 1.29 is 8.42 Å². The molecule has 0 saturated carbocycles. The molecule has 1 aromatic heterocycles. The van der Waals surface area contributed by atoms with E-state index in [2.05, 4.69) is 10.0 Å². The Bertz CT molecular complexity index is 694. The van der Waals surface area contributed by atoms with Crippen LogP contribution in [-0.2, 0) is 16.6 Å². The number of benzene rings is 1. The van der Waals surface area contributed by atoms with Gasteiger partial charge < -0.3 is 5.32 Å². The summed E-state index contributed by atoms with van der Waals surface area (Å²) < 4.78 is 27.3. The van der Waals surface area contributed by atoms with E-state index < -0.39 is 10.0 Å². The van der Waals surface area contributed by atoms with Crippen molar-refractivity contribution in [3.8, 4) is 0 Å². The Morgan fingerprint density at radius 3 is 2.33 bits per heavy atom. The normalized spacial score (nSPS) is 11.8. The summed E-state index contributed by atoms with van der Waals surface area (Å²) >= 11 is 7.39. The van der Waals surface area contributed by atoms with Gasteiger partial charge in [-0.1, -0.05) is 11.6 Å². The molecule has 0 aliphatic heterocycles. The Kier molecular flexibility index (Phi) is 5.27. The van der Waals surface area contributed by atoms with Gasteiger partial charge in [-0.25, -0.2) is 13.1 Å². The molecule has 21 heavy (non-hydrogen) atoms. The molecule has 0 saturated heterocycles. The van der Waals surface area contributed by atoms with E-state index in [1.54, 1.807) is 38.1 Å². The minimum absolute atomic E-state index is 0.128. The van der Waals surface area contributed by atoms with Gasteiger partial charge in [-0.05, 0) is 50.2 Å². The summed E-state index contributed by atoms with van der Waals surface area (Å²) in [5.74, 6) is 0. The number of thiophene rings is 1. The smallest absolute Gasteiger partial charge is 0.240 e. The fourth-order valence-electron chi connectivity index (χ4n) is 1.77. The molecule has 0 unspecified atom stereocenters. The quantitative estimate of drug-likeness (QED) is 0.840. The average molecular weight is 345 g/mol. The molecule has 1 aromatic carbocycles. The van der Waals surface area contributed by atoms with Gasteiger partial charge >= 0.3 is 0 Å². The van der Waals surface area contributed by atoms with Crippen LogP contribution in [0.25, 0.3) is 0 Å². The van der Waals surface area contributed by atoms with Crippen LogP contribution in [0.4, 0.5) is 5.69 Å². The first-order valence-corrected chi connectivity index (χ1v) is 9.15. The van der Waals surface area contributed by atoms with Crippen LogP contribution in [0.3, 0.4) is 0 Å². The Morgan fingerprint density at radius 1 is 1.14 bits per heavy atom. The zero-order valence-corrected chi connectivity index (χ0v) is 14.1. The predicted molar refractivity (Wildman–Crippen MR) is 88.6 cm³/mol. The maximum atomic E-state index is 12.0. The van der Waals surface area contributed by atoms with Gasteiger partial charge in [-0.15, -0.1) is 11.3 Å². The van der Waals surface area contributed by atoms with Crippen molar-refractivity contribution in [1.29, 1.82) is 0 Å². The zero-order chi connectivity index (χ0) is 15.5. The topological polar surface area (TPSA) is 58.2 Å². The first kappa shape index (κ1) is 16.3. The van der Waals surface area contributed by atoms with Crippen LogP contribution in [-0.4, -0.2) is 14.5 Å². The van der Waals surface area contributed by atoms with Crippen molar-refractivity contribution in [3.63, 3.8) is 0 Å². The van der Waals surface area contributed by atoms with E-state index in [-0.39, 0.29) is 10.9 Å². The van der Waals surface area contributed by atoms with E-state index in [1.165, 1.54) is 11.3 Å². The van der Waals surface area contributed by atoms with Gasteiger partial charge in [0.05, 0.1) is 9.23 Å². The van der Waals surface area contributed by atoms with Crippen molar-refractivity contribution in [2.75, 3.05) is 5.32 Å². The third-order valence-electron chi connectivity index (χ3n) is 2.65. The average Bonchev–Trinajstić information content (AvgIpc) is 2.81. The molecule has 0 spiro atoms. The largest absolute Gasteiger partial charge is 0.380 e. The maximum Gasteiger partial charge on any atom is 0.240 e. The fraction of sp³-hybridized carbons (Fsp3) is 0.286. The lowest BCUT2D eigenvalue weighted by Gasteiger charge is -2.10. The number of hydrogen-bond donors (Lipinski definition) is 2. The summed E-state index contributed by atoms with van der Waals surface area (Å²) in [6.45, 7) is 4.24. The van der Waals surface area contributed by atoms with Crippen LogP contribution in [0.5, 0.6) is 0 Å². The molecule has 4 nitrogen and oxygen atoms in total. The molecule has 2 N–H and O–H groups in total. The van der Waals surface area contributed by atoms with Crippen LogP contribution in [0.2, 0.25) is 4.34 Å².